The topological polar surface area (TPSA) is 60.7 Å². The molecule has 0 bridgehead atoms. The number of hydrogen-bond donors (Lipinski definition) is 3. The highest BCUT2D eigenvalue weighted by Gasteiger charge is 2.60. The second-order valence-electron chi connectivity index (χ2n) is 8.16. The summed E-state index contributed by atoms with van der Waals surface area (Å²) < 4.78 is 0. The molecule has 4 rings (SSSR count). The van der Waals surface area contributed by atoms with Crippen molar-refractivity contribution in [2.24, 2.45) is 17.3 Å². The number of aryl methyl sites for hydroxylation is 1. The van der Waals surface area contributed by atoms with Crippen LogP contribution in [0, 0.1) is 17.3 Å². The van der Waals surface area contributed by atoms with Crippen LogP contribution in [0.5, 0.6) is 11.5 Å². The summed E-state index contributed by atoms with van der Waals surface area (Å²) in [7, 11) is 0. The lowest BCUT2D eigenvalue weighted by atomic mass is 9.53. The van der Waals surface area contributed by atoms with Gasteiger partial charge >= 0.3 is 0 Å². The van der Waals surface area contributed by atoms with Crippen LogP contribution in [-0.4, -0.2) is 20.9 Å². The zero-order chi connectivity index (χ0) is 17.1. The molecule has 0 unspecified atom stereocenters. The zero-order valence-electron chi connectivity index (χ0n) is 14.0. The van der Waals surface area contributed by atoms with Crippen molar-refractivity contribution < 1.29 is 15.3 Å². The number of phenols is 2. The lowest BCUT2D eigenvalue weighted by Gasteiger charge is -2.52. The van der Waals surface area contributed by atoms with Gasteiger partial charge in [0, 0.05) is 17.0 Å². The molecule has 3 nitrogen and oxygen atoms in total. The third-order valence-electron chi connectivity index (χ3n) is 7.34. The van der Waals surface area contributed by atoms with Crippen LogP contribution in [0.1, 0.15) is 56.1 Å². The van der Waals surface area contributed by atoms with Gasteiger partial charge in [-0.05, 0) is 79.0 Å². The molecular formula is C20H25BrO3. The highest BCUT2D eigenvalue weighted by atomic mass is 79.9. The SMILES string of the molecule is C[C@]12CC[C@@H]3c4c(O)cc(O)cc4CC[C@H]3[C@@H]1CC[C@@]2(O)/C=C\Br. The van der Waals surface area contributed by atoms with Gasteiger partial charge in [0.2, 0.25) is 0 Å². The minimum absolute atomic E-state index is 0.0948. The second kappa shape index (κ2) is 5.50. The van der Waals surface area contributed by atoms with Crippen molar-refractivity contribution in [1.82, 2.24) is 0 Å². The van der Waals surface area contributed by atoms with Crippen molar-refractivity contribution in [1.29, 1.82) is 0 Å². The molecule has 0 spiro atoms. The average molecular weight is 393 g/mol. The number of benzene rings is 1. The van der Waals surface area contributed by atoms with E-state index in [1.165, 1.54) is 6.07 Å². The third kappa shape index (κ3) is 2.12. The highest BCUT2D eigenvalue weighted by Crippen LogP contribution is 2.65. The summed E-state index contributed by atoms with van der Waals surface area (Å²) in [6, 6.07) is 3.30. The number of halogens is 1. The molecule has 5 atom stereocenters. The van der Waals surface area contributed by atoms with Gasteiger partial charge in [0.25, 0.3) is 0 Å². The fourth-order valence-electron chi connectivity index (χ4n) is 6.12. The quantitative estimate of drug-likeness (QED) is 0.654. The van der Waals surface area contributed by atoms with Crippen LogP contribution >= 0.6 is 15.9 Å². The van der Waals surface area contributed by atoms with Gasteiger partial charge in [-0.1, -0.05) is 22.9 Å². The lowest BCUT2D eigenvalue weighted by Crippen LogP contribution is -2.49. The van der Waals surface area contributed by atoms with Crippen LogP contribution in [0.4, 0.5) is 0 Å². The molecule has 1 aromatic carbocycles. The zero-order valence-corrected chi connectivity index (χ0v) is 15.6. The van der Waals surface area contributed by atoms with Crippen LogP contribution in [0.2, 0.25) is 0 Å². The van der Waals surface area contributed by atoms with Crippen LogP contribution in [0.15, 0.2) is 23.2 Å². The predicted molar refractivity (Wildman–Crippen MR) is 97.4 cm³/mol. The first kappa shape index (κ1) is 16.5. The van der Waals surface area contributed by atoms with E-state index in [2.05, 4.69) is 22.9 Å². The summed E-state index contributed by atoms with van der Waals surface area (Å²) in [5, 5.41) is 31.4. The van der Waals surface area contributed by atoms with Gasteiger partial charge in [0.1, 0.15) is 11.5 Å². The van der Waals surface area contributed by atoms with Gasteiger partial charge in [-0.3, -0.25) is 0 Å². The number of fused-ring (bicyclic) bond motifs is 5. The number of aliphatic hydroxyl groups is 1. The molecule has 2 saturated carbocycles. The molecule has 3 aliphatic carbocycles. The van der Waals surface area contributed by atoms with E-state index < -0.39 is 5.60 Å². The summed E-state index contributed by atoms with van der Waals surface area (Å²) in [5.41, 5.74) is 1.33. The minimum Gasteiger partial charge on any atom is -0.508 e. The first-order chi connectivity index (χ1) is 11.4. The van der Waals surface area contributed by atoms with Crippen LogP contribution in [0.25, 0.3) is 0 Å². The van der Waals surface area contributed by atoms with E-state index in [4.69, 9.17) is 0 Å². The maximum atomic E-state index is 11.2. The summed E-state index contributed by atoms with van der Waals surface area (Å²) in [6.45, 7) is 2.25. The maximum Gasteiger partial charge on any atom is 0.123 e. The Morgan fingerprint density at radius 3 is 2.71 bits per heavy atom. The molecule has 0 amide bonds. The largest absolute Gasteiger partial charge is 0.508 e. The molecule has 24 heavy (non-hydrogen) atoms. The Labute approximate surface area is 151 Å². The standard InChI is InChI=1S/C20H25BrO3/c1-19-6-4-15-14(16(19)5-7-20(19,24)8-9-21)3-2-12-10-13(22)11-17(23)18(12)15/h8-11,14-16,22-24H,2-7H2,1H3/b9-8-/t14-,15+,16+,19+,20-/m1/s1. The van der Waals surface area contributed by atoms with Gasteiger partial charge in [-0.25, -0.2) is 0 Å². The van der Waals surface area contributed by atoms with E-state index >= 15 is 0 Å². The number of rotatable bonds is 1. The monoisotopic (exact) mass is 392 g/mol. The Morgan fingerprint density at radius 1 is 1.17 bits per heavy atom. The van der Waals surface area contributed by atoms with Crippen LogP contribution in [-0.2, 0) is 6.42 Å². The van der Waals surface area contributed by atoms with Crippen molar-refractivity contribution in [3.8, 4) is 11.5 Å². The Hall–Kier alpha value is -1.00. The number of aromatic hydroxyl groups is 2. The summed E-state index contributed by atoms with van der Waals surface area (Å²) in [4.78, 5) is 1.80. The molecule has 130 valence electrons. The highest BCUT2D eigenvalue weighted by molar-refractivity contribution is 9.11. The Balaban J connectivity index is 1.73. The summed E-state index contributed by atoms with van der Waals surface area (Å²) >= 11 is 3.34. The first-order valence-electron chi connectivity index (χ1n) is 8.95. The van der Waals surface area contributed by atoms with Crippen molar-refractivity contribution in [2.45, 2.75) is 57.0 Å². The van der Waals surface area contributed by atoms with Crippen molar-refractivity contribution >= 4 is 15.9 Å². The van der Waals surface area contributed by atoms with Gasteiger partial charge < -0.3 is 15.3 Å². The minimum atomic E-state index is -0.733. The maximum absolute atomic E-state index is 11.2. The molecule has 3 aliphatic rings. The van der Waals surface area contributed by atoms with Crippen molar-refractivity contribution in [3.63, 3.8) is 0 Å². The molecule has 3 N–H and O–H groups in total. The molecule has 4 heteroatoms. The molecule has 0 saturated heterocycles. The van der Waals surface area contributed by atoms with E-state index in [0.717, 1.165) is 49.7 Å². The normalized spacial score (nSPS) is 41.0. The van der Waals surface area contributed by atoms with E-state index in [0.29, 0.717) is 17.8 Å². The molecule has 0 heterocycles. The van der Waals surface area contributed by atoms with E-state index in [-0.39, 0.29) is 16.9 Å². The Bertz CT molecular complexity index is 700. The third-order valence-corrected chi connectivity index (χ3v) is 7.60. The predicted octanol–water partition coefficient (Wildman–Crippen LogP) is 4.59. The first-order valence-corrected chi connectivity index (χ1v) is 9.86. The fourth-order valence-corrected chi connectivity index (χ4v) is 6.55. The molecule has 1 aromatic rings. The molecule has 0 radical (unpaired) electrons. The Kier molecular flexibility index (Phi) is 3.77. The van der Waals surface area contributed by atoms with E-state index in [1.54, 1.807) is 4.99 Å². The Morgan fingerprint density at radius 2 is 1.96 bits per heavy atom. The van der Waals surface area contributed by atoms with Crippen molar-refractivity contribution in [2.75, 3.05) is 0 Å². The fraction of sp³-hybridized carbons (Fsp3) is 0.600. The average Bonchev–Trinajstić information content (AvgIpc) is 2.79. The van der Waals surface area contributed by atoms with Crippen molar-refractivity contribution in [3.05, 3.63) is 34.3 Å². The van der Waals surface area contributed by atoms with Crippen LogP contribution < -0.4 is 0 Å². The van der Waals surface area contributed by atoms with Gasteiger partial charge in [-0.15, -0.1) is 0 Å². The summed E-state index contributed by atoms with van der Waals surface area (Å²) in [5.74, 6) is 1.73. The molecular weight excluding hydrogens is 368 g/mol. The molecule has 0 aliphatic heterocycles. The van der Waals surface area contributed by atoms with Gasteiger partial charge in [0.15, 0.2) is 0 Å². The van der Waals surface area contributed by atoms with E-state index in [9.17, 15) is 15.3 Å². The molecule has 2 fully saturated rings. The van der Waals surface area contributed by atoms with Gasteiger partial charge in [-0.2, -0.15) is 0 Å². The van der Waals surface area contributed by atoms with Crippen LogP contribution in [0.3, 0.4) is 0 Å². The van der Waals surface area contributed by atoms with Gasteiger partial charge in [0.05, 0.1) is 5.60 Å². The summed E-state index contributed by atoms with van der Waals surface area (Å²) in [6.07, 6.45) is 7.72. The lowest BCUT2D eigenvalue weighted by molar-refractivity contribution is -0.0709. The van der Waals surface area contributed by atoms with E-state index in [1.807, 2.05) is 12.1 Å². The number of phenolic OH excluding ortho intramolecular Hbond substituents is 2. The second-order valence-corrected chi connectivity index (χ2v) is 8.69. The smallest absolute Gasteiger partial charge is 0.123 e. The molecule has 0 aromatic heterocycles. The number of hydrogen-bond acceptors (Lipinski definition) is 3.